The number of carbonyl (C=O) groups excluding carboxylic acids is 2. The number of fused-ring (bicyclic) bond motifs is 1. The lowest BCUT2D eigenvalue weighted by atomic mass is 9.97. The summed E-state index contributed by atoms with van der Waals surface area (Å²) in [6.07, 6.45) is 3.49. The minimum absolute atomic E-state index is 0.0682. The smallest absolute Gasteiger partial charge is 0.411 e. The molecule has 0 saturated carbocycles. The fourth-order valence-electron chi connectivity index (χ4n) is 4.42. The van der Waals surface area contributed by atoms with E-state index < -0.39 is 16.1 Å². The highest BCUT2D eigenvalue weighted by molar-refractivity contribution is 7.89. The van der Waals surface area contributed by atoms with E-state index in [1.165, 1.54) is 17.0 Å². The molecule has 0 atom stereocenters. The number of hydrogen-bond donors (Lipinski definition) is 2. The molecule has 2 aromatic rings. The Labute approximate surface area is 194 Å². The van der Waals surface area contributed by atoms with Crippen molar-refractivity contribution in [1.29, 1.82) is 0 Å². The van der Waals surface area contributed by atoms with Gasteiger partial charge in [0, 0.05) is 31.2 Å². The zero-order valence-corrected chi connectivity index (χ0v) is 19.5. The normalized spacial score (nSPS) is 16.8. The van der Waals surface area contributed by atoms with Crippen LogP contribution in [0.15, 0.2) is 47.4 Å². The molecule has 8 nitrogen and oxygen atoms in total. The lowest BCUT2D eigenvalue weighted by Gasteiger charge is -2.30. The molecule has 0 spiro atoms. The molecular formula is C24H29N3O5S. The van der Waals surface area contributed by atoms with Crippen LogP contribution in [0.3, 0.4) is 0 Å². The van der Waals surface area contributed by atoms with Crippen molar-refractivity contribution in [2.24, 2.45) is 5.92 Å². The Morgan fingerprint density at radius 3 is 2.42 bits per heavy atom. The fourth-order valence-corrected chi connectivity index (χ4v) is 5.95. The number of sulfonamides is 1. The number of hydrogen-bond acceptors (Lipinski definition) is 5. The van der Waals surface area contributed by atoms with Gasteiger partial charge < -0.3 is 10.1 Å². The Hall–Kier alpha value is -2.91. The average molecular weight is 472 g/mol. The molecule has 1 aliphatic carbocycles. The molecule has 1 saturated heterocycles. The van der Waals surface area contributed by atoms with Crippen LogP contribution in [-0.4, -0.2) is 44.9 Å². The zero-order chi connectivity index (χ0) is 23.4. The van der Waals surface area contributed by atoms with Gasteiger partial charge >= 0.3 is 6.09 Å². The molecule has 0 bridgehead atoms. The summed E-state index contributed by atoms with van der Waals surface area (Å²) < 4.78 is 32.2. The van der Waals surface area contributed by atoms with Gasteiger partial charge in [-0.1, -0.05) is 18.2 Å². The molecule has 0 aromatic heterocycles. The molecular weight excluding hydrogens is 442 g/mol. The van der Waals surface area contributed by atoms with Gasteiger partial charge in [0.1, 0.15) is 0 Å². The van der Waals surface area contributed by atoms with Crippen molar-refractivity contribution >= 4 is 27.7 Å². The monoisotopic (exact) mass is 471 g/mol. The van der Waals surface area contributed by atoms with E-state index in [1.54, 1.807) is 18.2 Å². The summed E-state index contributed by atoms with van der Waals surface area (Å²) in [5, 5.41) is 5.51. The van der Waals surface area contributed by atoms with Crippen LogP contribution in [0.2, 0.25) is 0 Å². The minimum atomic E-state index is -3.54. The summed E-state index contributed by atoms with van der Waals surface area (Å²) in [6.45, 7) is 1.04. The molecule has 176 valence electrons. The second kappa shape index (κ2) is 9.93. The van der Waals surface area contributed by atoms with Crippen LogP contribution in [0, 0.1) is 5.92 Å². The fraction of sp³-hybridized carbons (Fsp3) is 0.417. The topological polar surface area (TPSA) is 105 Å². The quantitative estimate of drug-likeness (QED) is 0.674. The Bertz CT molecular complexity index is 1120. The standard InChI is InChI=1S/C24H29N3O5S/c1-32-24(29)26-21-8-5-17(6-9-21)16-25-23(28)19-11-13-27(14-12-19)33(30,31)22-10-7-18-3-2-4-20(18)15-22/h5-10,15,19H,2-4,11-14,16H2,1H3,(H,25,28)(H,26,29). The van der Waals surface area contributed by atoms with E-state index in [-0.39, 0.29) is 11.8 Å². The number of methoxy groups -OCH3 is 1. The van der Waals surface area contributed by atoms with Crippen molar-refractivity contribution in [2.75, 3.05) is 25.5 Å². The molecule has 2 N–H and O–H groups in total. The average Bonchev–Trinajstić information content (AvgIpc) is 3.31. The summed E-state index contributed by atoms with van der Waals surface area (Å²) >= 11 is 0. The van der Waals surface area contributed by atoms with Crippen molar-refractivity contribution in [1.82, 2.24) is 9.62 Å². The Morgan fingerprint density at radius 2 is 1.73 bits per heavy atom. The van der Waals surface area contributed by atoms with Gasteiger partial charge in [-0.2, -0.15) is 4.31 Å². The molecule has 0 unspecified atom stereocenters. The molecule has 0 radical (unpaired) electrons. The van der Waals surface area contributed by atoms with Gasteiger partial charge in [0.25, 0.3) is 0 Å². The highest BCUT2D eigenvalue weighted by Gasteiger charge is 2.32. The van der Waals surface area contributed by atoms with Gasteiger partial charge in [0.05, 0.1) is 12.0 Å². The van der Waals surface area contributed by atoms with Crippen molar-refractivity contribution in [3.05, 3.63) is 59.2 Å². The molecule has 1 heterocycles. The third kappa shape index (κ3) is 5.36. The molecule has 9 heteroatoms. The number of nitrogens with one attached hydrogen (secondary N) is 2. The second-order valence-electron chi connectivity index (χ2n) is 8.49. The van der Waals surface area contributed by atoms with E-state index in [0.717, 1.165) is 30.4 Å². The van der Waals surface area contributed by atoms with E-state index in [1.807, 2.05) is 24.3 Å². The van der Waals surface area contributed by atoms with Gasteiger partial charge in [-0.05, 0) is 73.1 Å². The van der Waals surface area contributed by atoms with E-state index in [0.29, 0.717) is 43.1 Å². The maximum atomic E-state index is 13.1. The number of carbonyl (C=O) groups is 2. The summed E-state index contributed by atoms with van der Waals surface area (Å²) in [4.78, 5) is 24.2. The Balaban J connectivity index is 1.28. The highest BCUT2D eigenvalue weighted by atomic mass is 32.2. The van der Waals surface area contributed by atoms with Gasteiger partial charge in [-0.15, -0.1) is 0 Å². The molecule has 2 aliphatic rings. The lowest BCUT2D eigenvalue weighted by Crippen LogP contribution is -2.42. The van der Waals surface area contributed by atoms with Crippen LogP contribution >= 0.6 is 0 Å². The van der Waals surface area contributed by atoms with E-state index >= 15 is 0 Å². The van der Waals surface area contributed by atoms with Crippen molar-refractivity contribution < 1.29 is 22.7 Å². The number of rotatable bonds is 6. The summed E-state index contributed by atoms with van der Waals surface area (Å²) in [6, 6.07) is 12.6. The predicted molar refractivity (Wildman–Crippen MR) is 124 cm³/mol. The van der Waals surface area contributed by atoms with Crippen molar-refractivity contribution in [3.8, 4) is 0 Å². The number of benzene rings is 2. The molecule has 1 fully saturated rings. The first-order valence-electron chi connectivity index (χ1n) is 11.2. The van der Waals surface area contributed by atoms with Crippen LogP contribution in [0.1, 0.15) is 36.0 Å². The van der Waals surface area contributed by atoms with Gasteiger partial charge in [-0.3, -0.25) is 10.1 Å². The first-order valence-corrected chi connectivity index (χ1v) is 12.6. The number of amides is 2. The SMILES string of the molecule is COC(=O)Nc1ccc(CNC(=O)C2CCN(S(=O)(=O)c3ccc4c(c3)CCC4)CC2)cc1. The lowest BCUT2D eigenvalue weighted by molar-refractivity contribution is -0.126. The number of ether oxygens (including phenoxy) is 1. The maximum absolute atomic E-state index is 13.1. The first-order chi connectivity index (χ1) is 15.9. The third-order valence-electron chi connectivity index (χ3n) is 6.38. The number of piperidine rings is 1. The molecule has 4 rings (SSSR count). The van der Waals surface area contributed by atoms with Crippen LogP contribution in [0.4, 0.5) is 10.5 Å². The van der Waals surface area contributed by atoms with E-state index in [2.05, 4.69) is 15.4 Å². The highest BCUT2D eigenvalue weighted by Crippen LogP contribution is 2.28. The van der Waals surface area contributed by atoms with E-state index in [9.17, 15) is 18.0 Å². The molecule has 2 aromatic carbocycles. The van der Waals surface area contributed by atoms with E-state index in [4.69, 9.17) is 0 Å². The molecule has 2 amide bonds. The summed E-state index contributed by atoms with van der Waals surface area (Å²) in [5.74, 6) is -0.280. The van der Waals surface area contributed by atoms with Gasteiger partial charge in [-0.25, -0.2) is 13.2 Å². The van der Waals surface area contributed by atoms with Crippen molar-refractivity contribution in [2.45, 2.75) is 43.5 Å². The van der Waals surface area contributed by atoms with Crippen LogP contribution < -0.4 is 10.6 Å². The van der Waals surface area contributed by atoms with Crippen molar-refractivity contribution in [3.63, 3.8) is 0 Å². The minimum Gasteiger partial charge on any atom is -0.453 e. The van der Waals surface area contributed by atoms with Gasteiger partial charge in [0.15, 0.2) is 0 Å². The number of aryl methyl sites for hydroxylation is 2. The van der Waals surface area contributed by atoms with Crippen LogP contribution in [-0.2, 0) is 38.9 Å². The molecule has 1 aliphatic heterocycles. The van der Waals surface area contributed by atoms with Crippen LogP contribution in [0.25, 0.3) is 0 Å². The maximum Gasteiger partial charge on any atom is 0.411 e. The second-order valence-corrected chi connectivity index (χ2v) is 10.4. The molecule has 33 heavy (non-hydrogen) atoms. The van der Waals surface area contributed by atoms with Crippen LogP contribution in [0.5, 0.6) is 0 Å². The zero-order valence-electron chi connectivity index (χ0n) is 18.7. The Morgan fingerprint density at radius 1 is 1.03 bits per heavy atom. The first kappa shape index (κ1) is 23.3. The Kier molecular flexibility index (Phi) is 6.99. The number of anilines is 1. The largest absolute Gasteiger partial charge is 0.453 e. The third-order valence-corrected chi connectivity index (χ3v) is 8.28. The number of nitrogens with zero attached hydrogens (tertiary/aromatic N) is 1. The summed E-state index contributed by atoms with van der Waals surface area (Å²) in [7, 11) is -2.24. The van der Waals surface area contributed by atoms with Gasteiger partial charge in [0.2, 0.25) is 15.9 Å². The summed E-state index contributed by atoms with van der Waals surface area (Å²) in [5.41, 5.74) is 3.89. The predicted octanol–water partition coefficient (Wildman–Crippen LogP) is 3.07.